The minimum absolute atomic E-state index is 0.00738. The Kier molecular flexibility index (Phi) is 5.63. The zero-order valence-electron chi connectivity index (χ0n) is 10.5. The van der Waals surface area contributed by atoms with Gasteiger partial charge in [-0.3, -0.25) is 9.59 Å². The zero-order chi connectivity index (χ0) is 14.4. The third-order valence-corrected chi connectivity index (χ3v) is 2.91. The summed E-state index contributed by atoms with van der Waals surface area (Å²) in [6, 6.07) is 4.50. The Hall–Kier alpha value is -1.75. The predicted octanol–water partition coefficient (Wildman–Crippen LogP) is 1.96. The molecule has 6 heteroatoms. The fourth-order valence-corrected chi connectivity index (χ4v) is 1.98. The third-order valence-electron chi connectivity index (χ3n) is 2.61. The summed E-state index contributed by atoms with van der Waals surface area (Å²) in [7, 11) is 0. The van der Waals surface area contributed by atoms with Crippen LogP contribution < -0.4 is 5.32 Å². The van der Waals surface area contributed by atoms with E-state index in [4.69, 9.17) is 16.7 Å². The normalized spacial score (nSPS) is 11.9. The molecule has 0 saturated heterocycles. The van der Waals surface area contributed by atoms with Gasteiger partial charge in [0.2, 0.25) is 5.91 Å². The summed E-state index contributed by atoms with van der Waals surface area (Å²) in [5.41, 5.74) is 0.826. The molecule has 0 radical (unpaired) electrons. The van der Waals surface area contributed by atoms with Gasteiger partial charge < -0.3 is 15.5 Å². The number of halogens is 1. The van der Waals surface area contributed by atoms with E-state index in [9.17, 15) is 14.7 Å². The van der Waals surface area contributed by atoms with E-state index in [0.717, 1.165) is 5.56 Å². The molecule has 1 amide bonds. The molecule has 0 fully saturated rings. The number of hydrogen-bond donors (Lipinski definition) is 3. The zero-order valence-corrected chi connectivity index (χ0v) is 11.3. The summed E-state index contributed by atoms with van der Waals surface area (Å²) in [6.07, 6.45) is 0.789. The molecule has 104 valence electrons. The van der Waals surface area contributed by atoms with Crippen molar-refractivity contribution >= 4 is 23.5 Å². The Balaban J connectivity index is 2.71. The molecule has 0 aliphatic heterocycles. The first-order valence-electron chi connectivity index (χ1n) is 5.84. The Bertz CT molecular complexity index is 476. The van der Waals surface area contributed by atoms with Gasteiger partial charge in [-0.2, -0.15) is 0 Å². The second kappa shape index (κ2) is 6.99. The SMILES string of the molecule is CC(=O)NC(CCC(=O)O)Cc1ccc(O)c(Cl)c1. The fourth-order valence-electron chi connectivity index (χ4n) is 1.77. The number of carbonyl (C=O) groups is 2. The lowest BCUT2D eigenvalue weighted by atomic mass is 10.0. The van der Waals surface area contributed by atoms with Crippen molar-refractivity contribution in [2.24, 2.45) is 0 Å². The summed E-state index contributed by atoms with van der Waals surface area (Å²) in [4.78, 5) is 21.7. The van der Waals surface area contributed by atoms with Gasteiger partial charge in [0, 0.05) is 19.4 Å². The molecule has 3 N–H and O–H groups in total. The van der Waals surface area contributed by atoms with E-state index in [0.29, 0.717) is 12.8 Å². The van der Waals surface area contributed by atoms with E-state index >= 15 is 0 Å². The smallest absolute Gasteiger partial charge is 0.303 e. The highest BCUT2D eigenvalue weighted by Gasteiger charge is 2.13. The van der Waals surface area contributed by atoms with Crippen molar-refractivity contribution < 1.29 is 19.8 Å². The lowest BCUT2D eigenvalue weighted by molar-refractivity contribution is -0.137. The molecule has 5 nitrogen and oxygen atoms in total. The highest BCUT2D eigenvalue weighted by atomic mass is 35.5. The number of carboxylic acid groups (broad SMARTS) is 1. The molecule has 1 atom stereocenters. The van der Waals surface area contributed by atoms with E-state index in [1.54, 1.807) is 12.1 Å². The molecule has 1 rings (SSSR count). The molecule has 0 spiro atoms. The molecule has 1 aromatic carbocycles. The topological polar surface area (TPSA) is 86.6 Å². The number of aromatic hydroxyl groups is 1. The molecule has 0 aliphatic carbocycles. The highest BCUT2D eigenvalue weighted by molar-refractivity contribution is 6.32. The van der Waals surface area contributed by atoms with Crippen molar-refractivity contribution in [2.45, 2.75) is 32.2 Å². The number of aliphatic carboxylic acids is 1. The second-order valence-corrected chi connectivity index (χ2v) is 4.73. The van der Waals surface area contributed by atoms with Gasteiger partial charge in [0.1, 0.15) is 5.75 Å². The van der Waals surface area contributed by atoms with Crippen LogP contribution in [0.2, 0.25) is 5.02 Å². The van der Waals surface area contributed by atoms with Crippen LogP contribution in [-0.4, -0.2) is 28.1 Å². The summed E-state index contributed by atoms with van der Waals surface area (Å²) < 4.78 is 0. The molecule has 0 saturated carbocycles. The molecular weight excluding hydrogens is 270 g/mol. The van der Waals surface area contributed by atoms with Crippen molar-refractivity contribution in [3.8, 4) is 5.75 Å². The van der Waals surface area contributed by atoms with Crippen LogP contribution in [0.25, 0.3) is 0 Å². The largest absolute Gasteiger partial charge is 0.506 e. The quantitative estimate of drug-likeness (QED) is 0.746. The summed E-state index contributed by atoms with van der Waals surface area (Å²) in [5, 5.41) is 20.9. The van der Waals surface area contributed by atoms with Gasteiger partial charge in [-0.1, -0.05) is 17.7 Å². The summed E-state index contributed by atoms with van der Waals surface area (Å²) >= 11 is 5.80. The maximum atomic E-state index is 11.1. The van der Waals surface area contributed by atoms with Crippen LogP contribution in [0, 0.1) is 0 Å². The highest BCUT2D eigenvalue weighted by Crippen LogP contribution is 2.24. The van der Waals surface area contributed by atoms with Crippen LogP contribution in [0.1, 0.15) is 25.3 Å². The van der Waals surface area contributed by atoms with Gasteiger partial charge in [0.25, 0.3) is 0 Å². The standard InChI is InChI=1S/C13H16ClNO4/c1-8(16)15-10(3-5-13(18)19)6-9-2-4-12(17)11(14)7-9/h2,4,7,10,17H,3,5-6H2,1H3,(H,15,16)(H,18,19). The number of amides is 1. The fraction of sp³-hybridized carbons (Fsp3) is 0.385. The van der Waals surface area contributed by atoms with E-state index in [-0.39, 0.29) is 29.1 Å². The number of hydrogen-bond acceptors (Lipinski definition) is 3. The average molecular weight is 286 g/mol. The molecule has 0 aliphatic rings. The number of benzene rings is 1. The maximum absolute atomic E-state index is 11.1. The summed E-state index contributed by atoms with van der Waals surface area (Å²) in [6.45, 7) is 1.39. The minimum Gasteiger partial charge on any atom is -0.506 e. The van der Waals surface area contributed by atoms with Crippen molar-refractivity contribution in [1.29, 1.82) is 0 Å². The van der Waals surface area contributed by atoms with Crippen molar-refractivity contribution in [1.82, 2.24) is 5.32 Å². The molecule has 0 bridgehead atoms. The van der Waals surface area contributed by atoms with E-state index in [2.05, 4.69) is 5.32 Å². The number of phenolic OH excluding ortho intramolecular Hbond substituents is 1. The molecule has 19 heavy (non-hydrogen) atoms. The number of carboxylic acids is 1. The van der Waals surface area contributed by atoms with Gasteiger partial charge in [-0.15, -0.1) is 0 Å². The van der Waals surface area contributed by atoms with Gasteiger partial charge in [0.05, 0.1) is 5.02 Å². The molecule has 0 aromatic heterocycles. The van der Waals surface area contributed by atoms with Gasteiger partial charge in [-0.05, 0) is 30.5 Å². The molecule has 0 heterocycles. The van der Waals surface area contributed by atoms with Crippen LogP contribution in [0.4, 0.5) is 0 Å². The number of nitrogens with one attached hydrogen (secondary N) is 1. The van der Waals surface area contributed by atoms with Crippen LogP contribution in [-0.2, 0) is 16.0 Å². The van der Waals surface area contributed by atoms with Crippen LogP contribution in [0.15, 0.2) is 18.2 Å². The number of phenols is 1. The Morgan fingerprint density at radius 2 is 2.11 bits per heavy atom. The number of rotatable bonds is 6. The van der Waals surface area contributed by atoms with Crippen molar-refractivity contribution in [3.05, 3.63) is 28.8 Å². The molecular formula is C13H16ClNO4. The third kappa shape index (κ3) is 5.61. The lowest BCUT2D eigenvalue weighted by Gasteiger charge is -2.17. The first-order chi connectivity index (χ1) is 8.88. The van der Waals surface area contributed by atoms with Crippen molar-refractivity contribution in [2.75, 3.05) is 0 Å². The summed E-state index contributed by atoms with van der Waals surface area (Å²) in [5.74, 6) is -1.12. The molecule has 1 unspecified atom stereocenters. The van der Waals surface area contributed by atoms with Gasteiger partial charge >= 0.3 is 5.97 Å². The first kappa shape index (κ1) is 15.3. The van der Waals surface area contributed by atoms with Crippen LogP contribution >= 0.6 is 11.6 Å². The average Bonchev–Trinajstić information content (AvgIpc) is 2.30. The Labute approximate surface area is 116 Å². The van der Waals surface area contributed by atoms with Crippen molar-refractivity contribution in [3.63, 3.8) is 0 Å². The lowest BCUT2D eigenvalue weighted by Crippen LogP contribution is -2.35. The van der Waals surface area contributed by atoms with Gasteiger partial charge in [0.15, 0.2) is 0 Å². The van der Waals surface area contributed by atoms with Crippen LogP contribution in [0.3, 0.4) is 0 Å². The maximum Gasteiger partial charge on any atom is 0.303 e. The monoisotopic (exact) mass is 285 g/mol. The van der Waals surface area contributed by atoms with E-state index < -0.39 is 5.97 Å². The Morgan fingerprint density at radius 1 is 1.42 bits per heavy atom. The van der Waals surface area contributed by atoms with Gasteiger partial charge in [-0.25, -0.2) is 0 Å². The number of carbonyl (C=O) groups excluding carboxylic acids is 1. The van der Waals surface area contributed by atoms with Crippen LogP contribution in [0.5, 0.6) is 5.75 Å². The second-order valence-electron chi connectivity index (χ2n) is 4.32. The van der Waals surface area contributed by atoms with E-state index in [1.807, 2.05) is 0 Å². The first-order valence-corrected chi connectivity index (χ1v) is 6.22. The predicted molar refractivity (Wildman–Crippen MR) is 71.3 cm³/mol. The van der Waals surface area contributed by atoms with E-state index in [1.165, 1.54) is 13.0 Å². The minimum atomic E-state index is -0.904. The Morgan fingerprint density at radius 3 is 2.63 bits per heavy atom. The molecule has 1 aromatic rings.